The van der Waals surface area contributed by atoms with E-state index in [2.05, 4.69) is 153 Å². The summed E-state index contributed by atoms with van der Waals surface area (Å²) < 4.78 is 2.13. The van der Waals surface area contributed by atoms with Crippen molar-refractivity contribution in [3.05, 3.63) is 125 Å². The van der Waals surface area contributed by atoms with Crippen LogP contribution in [0.5, 0.6) is 0 Å². The van der Waals surface area contributed by atoms with Gasteiger partial charge in [0, 0.05) is 51.2 Å². The number of allylic oxidation sites excluding steroid dienone is 5. The number of hydrogen-bond donors (Lipinski definition) is 0. The molecule has 1 aliphatic carbocycles. The van der Waals surface area contributed by atoms with Crippen LogP contribution in [0.2, 0.25) is 0 Å². The number of rotatable bonds is 6. The molecule has 0 atom stereocenters. The lowest BCUT2D eigenvalue weighted by molar-refractivity contribution is -0.462. The van der Waals surface area contributed by atoms with Gasteiger partial charge in [0.05, 0.1) is 0 Å². The summed E-state index contributed by atoms with van der Waals surface area (Å²) in [6, 6.07) is 28.3. The lowest BCUT2D eigenvalue weighted by Gasteiger charge is -2.21. The first kappa shape index (κ1) is 23.3. The Bertz CT molecular complexity index is 1220. The molecule has 0 bridgehead atoms. The van der Waals surface area contributed by atoms with Crippen molar-refractivity contribution in [3.8, 4) is 0 Å². The Hall–Kier alpha value is -3.85. The molecule has 3 nitrogen and oxygen atoms in total. The first-order valence-electron chi connectivity index (χ1n) is 11.7. The van der Waals surface area contributed by atoms with Crippen LogP contribution < -0.4 is 9.80 Å². The minimum absolute atomic E-state index is 0.884. The van der Waals surface area contributed by atoms with Crippen LogP contribution >= 0.6 is 0 Å². The summed E-state index contributed by atoms with van der Waals surface area (Å²) in [5.41, 5.74) is 9.80. The predicted octanol–water partition coefficient (Wildman–Crippen LogP) is 6.03. The van der Waals surface area contributed by atoms with Gasteiger partial charge in [0.1, 0.15) is 14.1 Å². The fraction of sp³-hybridized carbons (Fsp3) is 0.194. The Morgan fingerprint density at radius 1 is 0.647 bits per heavy atom. The van der Waals surface area contributed by atoms with Crippen LogP contribution in [-0.2, 0) is 6.54 Å². The molecule has 0 N–H and O–H groups in total. The first-order valence-corrected chi connectivity index (χ1v) is 11.7. The number of anilines is 2. The van der Waals surface area contributed by atoms with Crippen molar-refractivity contribution in [2.45, 2.75) is 6.54 Å². The third-order valence-corrected chi connectivity index (χ3v) is 6.20. The molecule has 0 radical (unpaired) electrons. The third-order valence-electron chi connectivity index (χ3n) is 6.20. The standard InChI is InChI=1S/C31H34N3/c1-32(2)28-17-11-25(12-18-28)31(26-13-19-29(20-14-26)33(3)4)27-15-21-30(22-16-27)34(5)23-24-9-7-6-8-10-24/h6-22H,23H2,1-5H3/q+1. The second-order valence-corrected chi connectivity index (χ2v) is 9.15. The predicted molar refractivity (Wildman–Crippen MR) is 147 cm³/mol. The van der Waals surface area contributed by atoms with E-state index in [1.54, 1.807) is 0 Å². The average molecular weight is 449 g/mol. The fourth-order valence-electron chi connectivity index (χ4n) is 4.18. The molecule has 0 aliphatic heterocycles. The van der Waals surface area contributed by atoms with E-state index in [0.29, 0.717) is 0 Å². The minimum Gasteiger partial charge on any atom is -0.378 e. The van der Waals surface area contributed by atoms with Crippen molar-refractivity contribution in [3.63, 3.8) is 0 Å². The highest BCUT2D eigenvalue weighted by molar-refractivity contribution is 6.04. The quantitative estimate of drug-likeness (QED) is 0.426. The van der Waals surface area contributed by atoms with Gasteiger partial charge in [0.2, 0.25) is 0 Å². The molecule has 0 unspecified atom stereocenters. The van der Waals surface area contributed by atoms with E-state index in [1.165, 1.54) is 44.9 Å². The van der Waals surface area contributed by atoms with Crippen molar-refractivity contribution in [1.82, 2.24) is 0 Å². The van der Waals surface area contributed by atoms with E-state index in [1.807, 2.05) is 0 Å². The SMILES string of the molecule is CN(C)c1ccc(C(=C2C=CC(=[N+](C)C)C=C2)c2ccc(N(C)Cc3ccccc3)cc2)cc1. The van der Waals surface area contributed by atoms with Crippen LogP contribution in [0.15, 0.2) is 109 Å². The second-order valence-electron chi connectivity index (χ2n) is 9.15. The van der Waals surface area contributed by atoms with Crippen molar-refractivity contribution in [1.29, 1.82) is 0 Å². The van der Waals surface area contributed by atoms with Gasteiger partial charge >= 0.3 is 0 Å². The summed E-state index contributed by atoms with van der Waals surface area (Å²) in [5, 5.41) is 0. The minimum atomic E-state index is 0.884. The van der Waals surface area contributed by atoms with Gasteiger partial charge in [-0.3, -0.25) is 0 Å². The molecule has 4 rings (SSSR count). The highest BCUT2D eigenvalue weighted by atomic mass is 15.1. The van der Waals surface area contributed by atoms with Crippen LogP contribution in [0.1, 0.15) is 16.7 Å². The average Bonchev–Trinajstić information content (AvgIpc) is 2.86. The normalized spacial score (nSPS) is 12.6. The molecule has 3 aromatic carbocycles. The smallest absolute Gasteiger partial charge is 0.199 e. The molecule has 3 heteroatoms. The highest BCUT2D eigenvalue weighted by Crippen LogP contribution is 2.32. The first-order chi connectivity index (χ1) is 16.4. The van der Waals surface area contributed by atoms with E-state index in [9.17, 15) is 0 Å². The van der Waals surface area contributed by atoms with E-state index in [-0.39, 0.29) is 0 Å². The molecule has 0 saturated heterocycles. The Morgan fingerprint density at radius 3 is 1.68 bits per heavy atom. The molecule has 1 aliphatic rings. The van der Waals surface area contributed by atoms with Gasteiger partial charge in [0.25, 0.3) is 0 Å². The van der Waals surface area contributed by atoms with E-state index >= 15 is 0 Å². The van der Waals surface area contributed by atoms with Crippen LogP contribution in [0.4, 0.5) is 11.4 Å². The van der Waals surface area contributed by atoms with Crippen molar-refractivity contribution in [2.75, 3.05) is 45.0 Å². The van der Waals surface area contributed by atoms with Gasteiger partial charge in [-0.25, -0.2) is 4.58 Å². The maximum atomic E-state index is 2.29. The topological polar surface area (TPSA) is 9.49 Å². The fourth-order valence-corrected chi connectivity index (χ4v) is 4.18. The van der Waals surface area contributed by atoms with Gasteiger partial charge < -0.3 is 9.80 Å². The Kier molecular flexibility index (Phi) is 7.12. The van der Waals surface area contributed by atoms with Crippen LogP contribution in [0, 0.1) is 0 Å². The summed E-state index contributed by atoms with van der Waals surface area (Å²) in [7, 11) is 10.4. The van der Waals surface area contributed by atoms with Crippen molar-refractivity contribution >= 4 is 22.7 Å². The maximum Gasteiger partial charge on any atom is 0.199 e. The Balaban J connectivity index is 1.69. The Labute approximate surface area is 204 Å². The summed E-state index contributed by atoms with van der Waals surface area (Å²) in [5.74, 6) is 0. The zero-order valence-corrected chi connectivity index (χ0v) is 20.9. The molecule has 0 aromatic heterocycles. The molecule has 172 valence electrons. The summed E-state index contributed by atoms with van der Waals surface area (Å²) in [6.07, 6.45) is 8.82. The Morgan fingerprint density at radius 2 is 1.18 bits per heavy atom. The van der Waals surface area contributed by atoms with Crippen molar-refractivity contribution < 1.29 is 4.58 Å². The molecule has 3 aromatic rings. The number of hydrogen-bond acceptors (Lipinski definition) is 2. The molecule has 34 heavy (non-hydrogen) atoms. The molecule has 0 heterocycles. The molecule has 0 spiro atoms. The second kappa shape index (κ2) is 10.4. The monoisotopic (exact) mass is 448 g/mol. The summed E-state index contributed by atoms with van der Waals surface area (Å²) in [6.45, 7) is 0.884. The summed E-state index contributed by atoms with van der Waals surface area (Å²) in [4.78, 5) is 4.42. The molecule has 0 amide bonds. The maximum absolute atomic E-state index is 2.29. The molecular formula is C31H34N3+. The van der Waals surface area contributed by atoms with Crippen LogP contribution in [0.25, 0.3) is 5.57 Å². The lowest BCUT2D eigenvalue weighted by atomic mass is 9.90. The van der Waals surface area contributed by atoms with Crippen molar-refractivity contribution in [2.24, 2.45) is 0 Å². The zero-order valence-electron chi connectivity index (χ0n) is 20.9. The van der Waals surface area contributed by atoms with Gasteiger partial charge in [-0.2, -0.15) is 0 Å². The molecule has 0 fully saturated rings. The van der Waals surface area contributed by atoms with Gasteiger partial charge in [-0.1, -0.05) is 54.6 Å². The van der Waals surface area contributed by atoms with Gasteiger partial charge in [-0.15, -0.1) is 0 Å². The van der Waals surface area contributed by atoms with Gasteiger partial charge in [-0.05, 0) is 64.3 Å². The lowest BCUT2D eigenvalue weighted by Crippen LogP contribution is -2.16. The molecular weight excluding hydrogens is 414 g/mol. The van der Waals surface area contributed by atoms with Crippen LogP contribution in [-0.4, -0.2) is 45.5 Å². The summed E-state index contributed by atoms with van der Waals surface area (Å²) >= 11 is 0. The zero-order chi connectivity index (χ0) is 24.1. The molecule has 0 saturated carbocycles. The van der Waals surface area contributed by atoms with Crippen LogP contribution in [0.3, 0.4) is 0 Å². The third kappa shape index (κ3) is 5.37. The number of benzene rings is 3. The van der Waals surface area contributed by atoms with E-state index in [4.69, 9.17) is 0 Å². The largest absolute Gasteiger partial charge is 0.378 e. The van der Waals surface area contributed by atoms with E-state index < -0.39 is 0 Å². The van der Waals surface area contributed by atoms with Gasteiger partial charge in [0.15, 0.2) is 5.71 Å². The highest BCUT2D eigenvalue weighted by Gasteiger charge is 2.14. The number of nitrogens with zero attached hydrogens (tertiary/aromatic N) is 3. The van der Waals surface area contributed by atoms with E-state index in [0.717, 1.165) is 6.54 Å².